The first kappa shape index (κ1) is 24.2. The Hall–Kier alpha value is -2.04. The zero-order valence-corrected chi connectivity index (χ0v) is 19.1. The summed E-state index contributed by atoms with van der Waals surface area (Å²) in [5.74, 6) is 0.641. The number of benzene rings is 1. The summed E-state index contributed by atoms with van der Waals surface area (Å²) in [5.41, 5.74) is 0.475. The highest BCUT2D eigenvalue weighted by Crippen LogP contribution is 2.38. The molecule has 0 radical (unpaired) electrons. The molecule has 0 saturated heterocycles. The highest BCUT2D eigenvalue weighted by Gasteiger charge is 2.37. The molecule has 2 aliphatic carbocycles. The second-order valence-electron chi connectivity index (χ2n) is 10.0. The summed E-state index contributed by atoms with van der Waals surface area (Å²) < 4.78 is 5.28. The molecule has 0 bridgehead atoms. The second-order valence-corrected chi connectivity index (χ2v) is 10.0. The first-order valence-electron chi connectivity index (χ1n) is 11.3. The van der Waals surface area contributed by atoms with E-state index < -0.39 is 11.4 Å². The number of hydrogen-bond acceptors (Lipinski definition) is 3. The summed E-state index contributed by atoms with van der Waals surface area (Å²) in [6.45, 7) is 8.70. The van der Waals surface area contributed by atoms with Crippen molar-refractivity contribution in [1.82, 2.24) is 5.32 Å². The lowest BCUT2D eigenvalue weighted by molar-refractivity contribution is -0.150. The molecule has 2 aliphatic rings. The van der Waals surface area contributed by atoms with Crippen LogP contribution in [0.3, 0.4) is 0 Å². The van der Waals surface area contributed by atoms with Crippen LogP contribution in [0.1, 0.15) is 84.6 Å². The highest BCUT2D eigenvalue weighted by atomic mass is 16.5. The standard InChI is InChI=1S/C16H23NO2.C9H16O2/c1-13-7-6-10-16(2,11-13)17-15(18)19-12-14-8-4-3-5-9-14;1-7-4-3-5-9(2,6-7)8(10)11/h3-5,8-9,13H,6-7,10-12H2,1-2H3,(H,17,18);7H,3-6H2,1-2H3,(H,10,11)/t13-,16+;7-,9+/m11/s1. The van der Waals surface area contributed by atoms with Crippen molar-refractivity contribution in [3.05, 3.63) is 35.9 Å². The van der Waals surface area contributed by atoms with Crippen LogP contribution in [0.2, 0.25) is 0 Å². The number of carboxylic acids is 1. The van der Waals surface area contributed by atoms with Gasteiger partial charge >= 0.3 is 12.1 Å². The molecule has 0 spiro atoms. The Morgan fingerprint density at radius 1 is 1.03 bits per heavy atom. The van der Waals surface area contributed by atoms with E-state index in [0.717, 1.165) is 37.7 Å². The van der Waals surface area contributed by atoms with Gasteiger partial charge in [0.15, 0.2) is 0 Å². The van der Waals surface area contributed by atoms with Crippen LogP contribution in [0, 0.1) is 17.3 Å². The summed E-state index contributed by atoms with van der Waals surface area (Å²) in [7, 11) is 0. The smallest absolute Gasteiger partial charge is 0.407 e. The molecule has 30 heavy (non-hydrogen) atoms. The molecule has 0 heterocycles. The number of amides is 1. The van der Waals surface area contributed by atoms with Crippen molar-refractivity contribution in [2.24, 2.45) is 17.3 Å². The van der Waals surface area contributed by atoms with Crippen molar-refractivity contribution < 1.29 is 19.4 Å². The number of rotatable bonds is 4. The first-order chi connectivity index (χ1) is 14.1. The van der Waals surface area contributed by atoms with E-state index in [2.05, 4.69) is 26.1 Å². The molecule has 1 aromatic carbocycles. The molecule has 1 aromatic rings. The molecule has 5 heteroatoms. The number of hydrogen-bond donors (Lipinski definition) is 2. The number of nitrogens with one attached hydrogen (secondary N) is 1. The minimum Gasteiger partial charge on any atom is -0.481 e. The number of alkyl carbamates (subject to hydrolysis) is 1. The minimum absolute atomic E-state index is 0.106. The minimum atomic E-state index is -0.621. The average molecular weight is 418 g/mol. The van der Waals surface area contributed by atoms with Crippen molar-refractivity contribution >= 4 is 12.1 Å². The maximum Gasteiger partial charge on any atom is 0.407 e. The SMILES string of the molecule is C[C@@H]1CCC[C@](C)(C(=O)O)C1.C[C@@H]1CCC[C@](C)(NC(=O)OCc2ccccc2)C1. The quantitative estimate of drug-likeness (QED) is 0.614. The maximum absolute atomic E-state index is 11.9. The monoisotopic (exact) mass is 417 g/mol. The van der Waals surface area contributed by atoms with E-state index in [1.54, 1.807) is 0 Å². The number of ether oxygens (including phenoxy) is 1. The molecular formula is C25H39NO4. The van der Waals surface area contributed by atoms with Crippen LogP contribution >= 0.6 is 0 Å². The Morgan fingerprint density at radius 2 is 1.63 bits per heavy atom. The number of carbonyl (C=O) groups is 2. The third kappa shape index (κ3) is 7.66. The largest absolute Gasteiger partial charge is 0.481 e. The summed E-state index contributed by atoms with van der Waals surface area (Å²) in [4.78, 5) is 22.7. The molecule has 0 aliphatic heterocycles. The van der Waals surface area contributed by atoms with E-state index in [0.29, 0.717) is 18.4 Å². The highest BCUT2D eigenvalue weighted by molar-refractivity contribution is 5.74. The average Bonchev–Trinajstić information content (AvgIpc) is 2.67. The van der Waals surface area contributed by atoms with Crippen LogP contribution < -0.4 is 5.32 Å². The molecule has 2 N–H and O–H groups in total. The lowest BCUT2D eigenvalue weighted by atomic mass is 9.71. The third-order valence-electron chi connectivity index (χ3n) is 6.58. The van der Waals surface area contributed by atoms with E-state index in [-0.39, 0.29) is 11.6 Å². The topological polar surface area (TPSA) is 75.6 Å². The Morgan fingerprint density at radius 3 is 2.17 bits per heavy atom. The van der Waals surface area contributed by atoms with E-state index >= 15 is 0 Å². The van der Waals surface area contributed by atoms with E-state index in [9.17, 15) is 9.59 Å². The van der Waals surface area contributed by atoms with Crippen LogP contribution in [-0.4, -0.2) is 22.7 Å². The van der Waals surface area contributed by atoms with Gasteiger partial charge in [-0.1, -0.05) is 69.9 Å². The van der Waals surface area contributed by atoms with Crippen molar-refractivity contribution in [3.8, 4) is 0 Å². The molecule has 0 aromatic heterocycles. The number of carbonyl (C=O) groups excluding carboxylic acids is 1. The van der Waals surface area contributed by atoms with Gasteiger partial charge in [-0.05, 0) is 56.9 Å². The van der Waals surface area contributed by atoms with Gasteiger partial charge in [0, 0.05) is 5.54 Å². The second kappa shape index (κ2) is 10.8. The number of aliphatic carboxylic acids is 1. The van der Waals surface area contributed by atoms with E-state index in [1.165, 1.54) is 19.3 Å². The van der Waals surface area contributed by atoms with Gasteiger partial charge in [-0.25, -0.2) is 4.79 Å². The fourth-order valence-corrected chi connectivity index (χ4v) is 4.94. The Balaban J connectivity index is 0.000000248. The lowest BCUT2D eigenvalue weighted by Crippen LogP contribution is -2.48. The van der Waals surface area contributed by atoms with Gasteiger partial charge in [-0.2, -0.15) is 0 Å². The Labute approximate surface area is 181 Å². The molecule has 168 valence electrons. The van der Waals surface area contributed by atoms with Crippen LogP contribution in [-0.2, 0) is 16.1 Å². The van der Waals surface area contributed by atoms with Crippen LogP contribution in [0.4, 0.5) is 4.79 Å². The Bertz CT molecular complexity index is 692. The number of carboxylic acid groups (broad SMARTS) is 1. The molecule has 1 amide bonds. The van der Waals surface area contributed by atoms with Gasteiger partial charge in [-0.15, -0.1) is 0 Å². The van der Waals surface area contributed by atoms with E-state index in [1.807, 2.05) is 37.3 Å². The summed E-state index contributed by atoms with van der Waals surface area (Å²) in [5, 5.41) is 12.0. The molecule has 0 unspecified atom stereocenters. The van der Waals surface area contributed by atoms with Crippen molar-refractivity contribution in [3.63, 3.8) is 0 Å². The van der Waals surface area contributed by atoms with Crippen molar-refractivity contribution in [2.75, 3.05) is 0 Å². The van der Waals surface area contributed by atoms with Crippen LogP contribution in [0.15, 0.2) is 30.3 Å². The molecule has 3 rings (SSSR count). The first-order valence-corrected chi connectivity index (χ1v) is 11.3. The van der Waals surface area contributed by atoms with Gasteiger partial charge in [0.05, 0.1) is 5.41 Å². The normalized spacial score (nSPS) is 31.1. The predicted octanol–water partition coefficient (Wildman–Crippen LogP) is 6.17. The van der Waals surface area contributed by atoms with Crippen LogP contribution in [0.5, 0.6) is 0 Å². The molecule has 2 fully saturated rings. The third-order valence-corrected chi connectivity index (χ3v) is 6.58. The van der Waals surface area contributed by atoms with Gasteiger partial charge in [0.25, 0.3) is 0 Å². The van der Waals surface area contributed by atoms with Gasteiger partial charge in [-0.3, -0.25) is 4.79 Å². The summed E-state index contributed by atoms with van der Waals surface area (Å²) >= 11 is 0. The van der Waals surface area contributed by atoms with Gasteiger partial charge in [0.2, 0.25) is 0 Å². The molecule has 4 atom stereocenters. The fourth-order valence-electron chi connectivity index (χ4n) is 4.94. The van der Waals surface area contributed by atoms with E-state index in [4.69, 9.17) is 9.84 Å². The predicted molar refractivity (Wildman–Crippen MR) is 119 cm³/mol. The summed E-state index contributed by atoms with van der Waals surface area (Å²) in [6.07, 6.45) is 8.18. The van der Waals surface area contributed by atoms with Gasteiger partial charge in [0.1, 0.15) is 6.61 Å². The lowest BCUT2D eigenvalue weighted by Gasteiger charge is -2.37. The Kier molecular flexibility index (Phi) is 8.75. The maximum atomic E-state index is 11.9. The zero-order valence-electron chi connectivity index (χ0n) is 19.1. The van der Waals surface area contributed by atoms with Crippen LogP contribution in [0.25, 0.3) is 0 Å². The van der Waals surface area contributed by atoms with Crippen molar-refractivity contribution in [1.29, 1.82) is 0 Å². The molecular weight excluding hydrogens is 378 g/mol. The molecule has 5 nitrogen and oxygen atoms in total. The molecule has 2 saturated carbocycles. The van der Waals surface area contributed by atoms with Gasteiger partial charge < -0.3 is 15.2 Å². The van der Waals surface area contributed by atoms with Crippen molar-refractivity contribution in [2.45, 2.75) is 91.2 Å². The summed E-state index contributed by atoms with van der Waals surface area (Å²) in [6, 6.07) is 9.75. The fraction of sp³-hybridized carbons (Fsp3) is 0.680. The zero-order chi connectivity index (χ0) is 22.2.